The molecule has 0 radical (unpaired) electrons. The van der Waals surface area contributed by atoms with E-state index in [1.807, 2.05) is 0 Å². The number of carbonyl (C=O) groups excluding carboxylic acids is 1. The summed E-state index contributed by atoms with van der Waals surface area (Å²) < 4.78 is 53.3. The molecule has 2 aliphatic heterocycles. The number of methoxy groups -OCH3 is 1. The number of aryl methyl sites for hydroxylation is 2. The number of amides is 1. The van der Waals surface area contributed by atoms with Gasteiger partial charge in [-0.3, -0.25) is 9.69 Å². The van der Waals surface area contributed by atoms with E-state index in [2.05, 4.69) is 21.5 Å². The van der Waals surface area contributed by atoms with Crippen LogP contribution in [0.5, 0.6) is 5.75 Å². The average molecular weight is 501 g/mol. The van der Waals surface area contributed by atoms with Crippen LogP contribution < -0.4 is 4.74 Å². The number of hydrogen-bond acceptors (Lipinski definition) is 7. The van der Waals surface area contributed by atoms with E-state index in [0.29, 0.717) is 29.0 Å². The van der Waals surface area contributed by atoms with Gasteiger partial charge in [0.1, 0.15) is 18.2 Å². The molecule has 5 rings (SSSR count). The number of tetrazole rings is 1. The number of hydrogen-bond donors (Lipinski definition) is 0. The van der Waals surface area contributed by atoms with E-state index in [9.17, 15) is 23.2 Å². The van der Waals surface area contributed by atoms with Gasteiger partial charge in [-0.05, 0) is 47.9 Å². The first-order chi connectivity index (χ1) is 17.0. The van der Waals surface area contributed by atoms with Crippen LogP contribution in [0.15, 0.2) is 18.2 Å². The van der Waals surface area contributed by atoms with E-state index in [1.54, 1.807) is 30.7 Å². The van der Waals surface area contributed by atoms with Crippen molar-refractivity contribution < 1.29 is 27.4 Å². The Morgan fingerprint density at radius 3 is 2.72 bits per heavy atom. The number of rotatable bonds is 4. The van der Waals surface area contributed by atoms with E-state index >= 15 is 0 Å². The van der Waals surface area contributed by atoms with Crippen molar-refractivity contribution in [3.8, 4) is 34.5 Å². The molecule has 1 amide bonds. The number of fused-ring (bicyclic) bond motifs is 3. The second kappa shape index (κ2) is 8.34. The summed E-state index contributed by atoms with van der Waals surface area (Å²) in [4.78, 5) is 16.0. The number of nitrogens with zero attached hydrogens (tertiary/aromatic N) is 7. The van der Waals surface area contributed by atoms with Crippen LogP contribution in [0.3, 0.4) is 0 Å². The predicted molar refractivity (Wildman–Crippen MR) is 119 cm³/mol. The molecule has 0 N–H and O–H groups in total. The number of benzene rings is 1. The lowest BCUT2D eigenvalue weighted by atomic mass is 9.92. The van der Waals surface area contributed by atoms with E-state index in [1.165, 1.54) is 22.9 Å². The van der Waals surface area contributed by atoms with Gasteiger partial charge in [-0.1, -0.05) is 0 Å². The third kappa shape index (κ3) is 3.87. The Kier molecular flexibility index (Phi) is 5.51. The van der Waals surface area contributed by atoms with Gasteiger partial charge in [-0.15, -0.1) is 10.2 Å². The summed E-state index contributed by atoms with van der Waals surface area (Å²) in [5.74, 6) is 0.168. The predicted octanol–water partition coefficient (Wildman–Crippen LogP) is 2.73. The molecule has 0 unspecified atom stereocenters. The van der Waals surface area contributed by atoms with Crippen molar-refractivity contribution in [3.05, 3.63) is 35.0 Å². The maximum atomic E-state index is 13.6. The molecule has 2 aromatic heterocycles. The minimum atomic E-state index is -4.50. The van der Waals surface area contributed by atoms with Crippen LogP contribution in [0.4, 0.5) is 13.2 Å². The number of aromatic nitrogens is 5. The minimum absolute atomic E-state index is 0.0231. The molecule has 0 aliphatic carbocycles. The summed E-state index contributed by atoms with van der Waals surface area (Å²) in [6.07, 6.45) is -5.26. The van der Waals surface area contributed by atoms with Gasteiger partial charge in [0.25, 0.3) is 5.91 Å². The molecule has 36 heavy (non-hydrogen) atoms. The Bertz CT molecular complexity index is 1410. The lowest BCUT2D eigenvalue weighted by molar-refractivity contribution is -0.127. The first-order valence-electron chi connectivity index (χ1n) is 11.1. The third-order valence-corrected chi connectivity index (χ3v) is 6.51. The monoisotopic (exact) mass is 501 g/mol. The van der Waals surface area contributed by atoms with Crippen LogP contribution >= 0.6 is 0 Å². The van der Waals surface area contributed by atoms with Crippen LogP contribution in [0.1, 0.15) is 28.5 Å². The summed E-state index contributed by atoms with van der Waals surface area (Å²) in [5.41, 5.74) is 0.905. The van der Waals surface area contributed by atoms with Crippen LogP contribution in [-0.2, 0) is 31.2 Å². The zero-order valence-corrected chi connectivity index (χ0v) is 19.8. The summed E-state index contributed by atoms with van der Waals surface area (Å²) in [7, 11) is 3.09. The number of ether oxygens (including phenoxy) is 2. The van der Waals surface area contributed by atoms with Gasteiger partial charge < -0.3 is 14.0 Å². The Labute approximate surface area is 203 Å². The first-order valence-corrected chi connectivity index (χ1v) is 11.1. The van der Waals surface area contributed by atoms with Crippen molar-refractivity contribution in [1.29, 1.82) is 5.26 Å². The lowest BCUT2D eigenvalue weighted by Gasteiger charge is -2.28. The normalized spacial score (nSPS) is 19.1. The molecule has 13 heteroatoms. The van der Waals surface area contributed by atoms with Crippen molar-refractivity contribution in [2.75, 3.05) is 20.4 Å². The van der Waals surface area contributed by atoms with Crippen molar-refractivity contribution >= 4 is 5.91 Å². The number of carbonyl (C=O) groups is 1. The van der Waals surface area contributed by atoms with Crippen molar-refractivity contribution in [3.63, 3.8) is 0 Å². The Hall–Kier alpha value is -3.92. The standard InChI is InChI=1S/C23H22F3N7O3/c1-22(10-27)11-36-12-33(22)21(34)17-6-14(9-23(24,25)26)19-15-8-16(20-28-30-31(2)29-20)18(35-3)7-13(15)4-5-32(17)19/h6-8H,4-5,9,11-12H2,1-3H3/t22-/m0/s1. The Morgan fingerprint density at radius 2 is 2.08 bits per heavy atom. The molecular weight excluding hydrogens is 479 g/mol. The molecule has 0 saturated carbocycles. The molecule has 1 aromatic carbocycles. The van der Waals surface area contributed by atoms with E-state index in [4.69, 9.17) is 9.47 Å². The van der Waals surface area contributed by atoms with Gasteiger partial charge in [0, 0.05) is 12.1 Å². The van der Waals surface area contributed by atoms with Gasteiger partial charge in [0.2, 0.25) is 5.82 Å². The largest absolute Gasteiger partial charge is 0.496 e. The quantitative estimate of drug-likeness (QED) is 0.541. The fraction of sp³-hybridized carbons (Fsp3) is 0.435. The first kappa shape index (κ1) is 23.8. The SMILES string of the molecule is COc1cc2c(cc1-c1nnn(C)n1)-c1c(CC(F)(F)F)cc(C(=O)N3COC[C@]3(C)C#N)n1CC2. The van der Waals surface area contributed by atoms with E-state index in [-0.39, 0.29) is 37.0 Å². The topological polar surface area (TPSA) is 111 Å². The molecule has 3 aromatic rings. The summed E-state index contributed by atoms with van der Waals surface area (Å²) in [5, 5.41) is 21.7. The van der Waals surface area contributed by atoms with Gasteiger partial charge in [-0.25, -0.2) is 0 Å². The van der Waals surface area contributed by atoms with Crippen LogP contribution in [0.2, 0.25) is 0 Å². The Balaban J connectivity index is 1.69. The molecule has 4 heterocycles. The molecule has 2 aliphatic rings. The number of nitriles is 1. The van der Waals surface area contributed by atoms with Crippen LogP contribution in [-0.4, -0.2) is 67.7 Å². The van der Waals surface area contributed by atoms with Gasteiger partial charge >= 0.3 is 6.18 Å². The zero-order valence-electron chi connectivity index (χ0n) is 19.8. The molecule has 10 nitrogen and oxygen atoms in total. The number of alkyl halides is 3. The van der Waals surface area contributed by atoms with Gasteiger partial charge in [-0.2, -0.15) is 23.2 Å². The highest BCUT2D eigenvalue weighted by Gasteiger charge is 2.43. The summed E-state index contributed by atoms with van der Waals surface area (Å²) in [6.45, 7) is 1.76. The minimum Gasteiger partial charge on any atom is -0.496 e. The molecule has 1 atom stereocenters. The zero-order chi connectivity index (χ0) is 25.8. The fourth-order valence-corrected chi connectivity index (χ4v) is 4.77. The molecule has 1 fully saturated rings. The van der Waals surface area contributed by atoms with E-state index in [0.717, 1.165) is 5.56 Å². The van der Waals surface area contributed by atoms with Crippen molar-refractivity contribution in [1.82, 2.24) is 29.7 Å². The van der Waals surface area contributed by atoms with E-state index < -0.39 is 24.0 Å². The third-order valence-electron chi connectivity index (χ3n) is 6.51. The maximum absolute atomic E-state index is 13.6. The highest BCUT2D eigenvalue weighted by molar-refractivity contribution is 5.96. The second-order valence-corrected chi connectivity index (χ2v) is 9.01. The lowest BCUT2D eigenvalue weighted by Crippen LogP contribution is -2.46. The van der Waals surface area contributed by atoms with Crippen molar-refractivity contribution in [2.45, 2.75) is 38.0 Å². The molecular formula is C23H22F3N7O3. The van der Waals surface area contributed by atoms with Crippen molar-refractivity contribution in [2.24, 2.45) is 7.05 Å². The van der Waals surface area contributed by atoms with Gasteiger partial charge in [0.15, 0.2) is 5.54 Å². The summed E-state index contributed by atoms with van der Waals surface area (Å²) >= 11 is 0. The molecule has 1 saturated heterocycles. The van der Waals surface area contributed by atoms with Crippen LogP contribution in [0.25, 0.3) is 22.6 Å². The smallest absolute Gasteiger partial charge is 0.393 e. The second-order valence-electron chi connectivity index (χ2n) is 9.01. The highest BCUT2D eigenvalue weighted by atomic mass is 19.4. The highest BCUT2D eigenvalue weighted by Crippen LogP contribution is 2.42. The molecule has 0 bridgehead atoms. The Morgan fingerprint density at radius 1 is 1.31 bits per heavy atom. The fourth-order valence-electron chi connectivity index (χ4n) is 4.77. The maximum Gasteiger partial charge on any atom is 0.393 e. The average Bonchev–Trinajstić information content (AvgIpc) is 3.54. The molecule has 188 valence electrons. The molecule has 0 spiro atoms. The summed E-state index contributed by atoms with van der Waals surface area (Å²) in [6, 6.07) is 6.80. The number of halogens is 3. The van der Waals surface area contributed by atoms with Crippen LogP contribution in [0, 0.1) is 11.3 Å². The van der Waals surface area contributed by atoms with Gasteiger partial charge in [0.05, 0.1) is 44.5 Å².